The number of aromatic nitrogens is 1. The van der Waals surface area contributed by atoms with Crippen LogP contribution >= 0.6 is 0 Å². The Bertz CT molecular complexity index is 704. The van der Waals surface area contributed by atoms with Crippen LogP contribution in [-0.2, 0) is 18.4 Å². The van der Waals surface area contributed by atoms with Crippen molar-refractivity contribution in [2.75, 3.05) is 18.0 Å². The molecule has 1 aromatic carbocycles. The van der Waals surface area contributed by atoms with E-state index in [4.69, 9.17) is 4.98 Å². The molecule has 0 spiro atoms. The summed E-state index contributed by atoms with van der Waals surface area (Å²) in [5.41, 5.74) is 2.16. The van der Waals surface area contributed by atoms with E-state index in [1.54, 1.807) is 0 Å². The smallest absolute Gasteiger partial charge is 0.128 e. The Morgan fingerprint density at radius 2 is 1.91 bits per heavy atom. The van der Waals surface area contributed by atoms with Crippen LogP contribution in [0.3, 0.4) is 0 Å². The van der Waals surface area contributed by atoms with Crippen molar-refractivity contribution < 1.29 is 10.2 Å². The number of fused-ring (bicyclic) bond motifs is 1. The summed E-state index contributed by atoms with van der Waals surface area (Å²) in [5.74, 6) is 0.916. The lowest BCUT2D eigenvalue weighted by molar-refractivity contribution is -0.0918. The summed E-state index contributed by atoms with van der Waals surface area (Å²) in [6.07, 6.45) is 3.03. The maximum Gasteiger partial charge on any atom is 0.128 e. The predicted octanol–water partition coefficient (Wildman–Crippen LogP) is 2.03. The Labute approximate surface area is 136 Å². The molecule has 1 aliphatic carbocycles. The molecular formula is C19H22N2O2. The van der Waals surface area contributed by atoms with Crippen LogP contribution < -0.4 is 4.90 Å². The monoisotopic (exact) mass is 310 g/mol. The molecule has 0 bridgehead atoms. The maximum absolute atomic E-state index is 10.9. The van der Waals surface area contributed by atoms with Crippen LogP contribution in [0, 0.1) is 0 Å². The number of aliphatic hydroxyl groups excluding tert-OH is 1. The van der Waals surface area contributed by atoms with Gasteiger partial charge in [-0.15, -0.1) is 0 Å². The minimum atomic E-state index is -1.17. The predicted molar refractivity (Wildman–Crippen MR) is 89.4 cm³/mol. The lowest BCUT2D eigenvalue weighted by Crippen LogP contribution is -2.53. The van der Waals surface area contributed by atoms with Gasteiger partial charge in [0.2, 0.25) is 0 Å². The van der Waals surface area contributed by atoms with Crippen molar-refractivity contribution in [1.29, 1.82) is 0 Å². The fraction of sp³-hybridized carbons (Fsp3) is 0.421. The van der Waals surface area contributed by atoms with E-state index in [0.717, 1.165) is 24.2 Å². The first kappa shape index (κ1) is 14.7. The molecular weight excluding hydrogens is 288 g/mol. The standard InChI is InChI=1S/C19H22N2O2/c22-17-13-21(18-10-9-14-5-4-8-16(14)20-18)12-11-19(17,23)15-6-2-1-3-7-15/h1-3,6-7,9-10,17,22-23H,4-5,8,11-13H2/t17-,19-/m0/s1. The van der Waals surface area contributed by atoms with Gasteiger partial charge in [-0.2, -0.15) is 0 Å². The molecule has 4 heteroatoms. The molecule has 0 unspecified atom stereocenters. The molecule has 23 heavy (non-hydrogen) atoms. The van der Waals surface area contributed by atoms with Crippen molar-refractivity contribution in [3.05, 3.63) is 59.3 Å². The zero-order chi connectivity index (χ0) is 15.9. The topological polar surface area (TPSA) is 56.6 Å². The molecule has 120 valence electrons. The van der Waals surface area contributed by atoms with Gasteiger partial charge in [-0.1, -0.05) is 36.4 Å². The quantitative estimate of drug-likeness (QED) is 0.891. The van der Waals surface area contributed by atoms with E-state index in [2.05, 4.69) is 11.0 Å². The number of piperidine rings is 1. The van der Waals surface area contributed by atoms with E-state index in [9.17, 15) is 10.2 Å². The molecule has 4 rings (SSSR count). The summed E-state index contributed by atoms with van der Waals surface area (Å²) in [6, 6.07) is 13.7. The summed E-state index contributed by atoms with van der Waals surface area (Å²) in [6.45, 7) is 1.09. The molecule has 1 aromatic heterocycles. The van der Waals surface area contributed by atoms with Crippen molar-refractivity contribution in [2.24, 2.45) is 0 Å². The highest BCUT2D eigenvalue weighted by atomic mass is 16.3. The van der Waals surface area contributed by atoms with Gasteiger partial charge in [0, 0.05) is 25.2 Å². The number of benzene rings is 1. The minimum Gasteiger partial charge on any atom is -0.388 e. The fourth-order valence-corrected chi connectivity index (χ4v) is 3.78. The van der Waals surface area contributed by atoms with Gasteiger partial charge in [-0.25, -0.2) is 4.98 Å². The van der Waals surface area contributed by atoms with E-state index in [1.165, 1.54) is 17.7 Å². The molecule has 0 radical (unpaired) electrons. The molecule has 2 atom stereocenters. The number of hydrogen-bond acceptors (Lipinski definition) is 4. The van der Waals surface area contributed by atoms with Crippen LogP contribution in [0.5, 0.6) is 0 Å². The Morgan fingerprint density at radius 3 is 2.70 bits per heavy atom. The van der Waals surface area contributed by atoms with Crippen molar-refractivity contribution >= 4 is 5.82 Å². The molecule has 2 aromatic rings. The highest BCUT2D eigenvalue weighted by Gasteiger charge is 2.42. The number of aryl methyl sites for hydroxylation is 2. The largest absolute Gasteiger partial charge is 0.388 e. The summed E-state index contributed by atoms with van der Waals surface area (Å²) < 4.78 is 0. The maximum atomic E-state index is 10.9. The second kappa shape index (κ2) is 5.62. The van der Waals surface area contributed by atoms with E-state index in [0.29, 0.717) is 19.5 Å². The summed E-state index contributed by atoms with van der Waals surface area (Å²) in [7, 11) is 0. The normalized spacial score (nSPS) is 27.0. The third-order valence-electron chi connectivity index (χ3n) is 5.22. The summed E-state index contributed by atoms with van der Waals surface area (Å²) in [4.78, 5) is 6.85. The van der Waals surface area contributed by atoms with E-state index >= 15 is 0 Å². The zero-order valence-corrected chi connectivity index (χ0v) is 13.2. The highest BCUT2D eigenvalue weighted by Crippen LogP contribution is 2.35. The highest BCUT2D eigenvalue weighted by molar-refractivity contribution is 5.44. The average Bonchev–Trinajstić information content (AvgIpc) is 3.06. The van der Waals surface area contributed by atoms with Gasteiger partial charge < -0.3 is 15.1 Å². The third-order valence-corrected chi connectivity index (χ3v) is 5.22. The van der Waals surface area contributed by atoms with Crippen LogP contribution in [0.2, 0.25) is 0 Å². The number of aliphatic hydroxyl groups is 2. The number of pyridine rings is 1. The molecule has 2 aliphatic rings. The second-order valence-corrected chi connectivity index (χ2v) is 6.63. The van der Waals surface area contributed by atoms with Gasteiger partial charge in [-0.3, -0.25) is 0 Å². The first-order chi connectivity index (χ1) is 11.2. The molecule has 0 saturated carbocycles. The SMILES string of the molecule is O[C@H]1CN(c2ccc3c(n2)CCC3)CC[C@]1(O)c1ccccc1. The molecule has 4 nitrogen and oxygen atoms in total. The van der Waals surface area contributed by atoms with Gasteiger partial charge in [0.25, 0.3) is 0 Å². The van der Waals surface area contributed by atoms with Crippen molar-refractivity contribution in [2.45, 2.75) is 37.4 Å². The lowest BCUT2D eigenvalue weighted by Gasteiger charge is -2.43. The van der Waals surface area contributed by atoms with Crippen LogP contribution in [0.4, 0.5) is 5.82 Å². The second-order valence-electron chi connectivity index (χ2n) is 6.63. The Hall–Kier alpha value is -1.91. The van der Waals surface area contributed by atoms with Crippen LogP contribution in [-0.4, -0.2) is 34.4 Å². The Balaban J connectivity index is 1.55. The molecule has 2 heterocycles. The van der Waals surface area contributed by atoms with Gasteiger partial charge in [0.05, 0.1) is 0 Å². The average molecular weight is 310 g/mol. The van der Waals surface area contributed by atoms with Gasteiger partial charge in [-0.05, 0) is 36.5 Å². The van der Waals surface area contributed by atoms with Gasteiger partial charge in [0.15, 0.2) is 0 Å². The molecule has 0 amide bonds. The molecule has 2 N–H and O–H groups in total. The minimum absolute atomic E-state index is 0.400. The van der Waals surface area contributed by atoms with Crippen LogP contribution in [0.15, 0.2) is 42.5 Å². The molecule has 1 aliphatic heterocycles. The number of rotatable bonds is 2. The first-order valence-corrected chi connectivity index (χ1v) is 8.36. The Kier molecular flexibility index (Phi) is 3.58. The van der Waals surface area contributed by atoms with E-state index in [-0.39, 0.29) is 0 Å². The molecule has 1 fully saturated rings. The van der Waals surface area contributed by atoms with E-state index in [1.807, 2.05) is 36.4 Å². The number of hydrogen-bond donors (Lipinski definition) is 2. The van der Waals surface area contributed by atoms with Crippen LogP contribution in [0.25, 0.3) is 0 Å². The van der Waals surface area contributed by atoms with Crippen molar-refractivity contribution in [3.63, 3.8) is 0 Å². The zero-order valence-electron chi connectivity index (χ0n) is 13.2. The number of nitrogens with zero attached hydrogens (tertiary/aromatic N) is 2. The molecule has 1 saturated heterocycles. The van der Waals surface area contributed by atoms with Gasteiger partial charge >= 0.3 is 0 Å². The third kappa shape index (κ3) is 2.52. The van der Waals surface area contributed by atoms with Crippen molar-refractivity contribution in [3.8, 4) is 0 Å². The van der Waals surface area contributed by atoms with Crippen molar-refractivity contribution in [1.82, 2.24) is 4.98 Å². The summed E-state index contributed by atoms with van der Waals surface area (Å²) >= 11 is 0. The van der Waals surface area contributed by atoms with Crippen LogP contribution in [0.1, 0.15) is 29.7 Å². The van der Waals surface area contributed by atoms with E-state index < -0.39 is 11.7 Å². The lowest BCUT2D eigenvalue weighted by atomic mass is 9.82. The number of anilines is 1. The summed E-state index contributed by atoms with van der Waals surface area (Å²) in [5, 5.41) is 21.5. The van der Waals surface area contributed by atoms with Gasteiger partial charge in [0.1, 0.15) is 17.5 Å². The fourth-order valence-electron chi connectivity index (χ4n) is 3.78. The number of β-amino-alcohol motifs (C(OH)–C–C–N with tert-alkyl or cyclic N) is 1. The first-order valence-electron chi connectivity index (χ1n) is 8.36. The Morgan fingerprint density at radius 1 is 1.09 bits per heavy atom.